The molecule has 0 unspecified atom stereocenters. The Kier molecular flexibility index (Phi) is 7.79. The Labute approximate surface area is 160 Å². The lowest BCUT2D eigenvalue weighted by molar-refractivity contribution is -0.0539. The van der Waals surface area contributed by atoms with E-state index in [1.54, 1.807) is 60.7 Å². The zero-order valence-corrected chi connectivity index (χ0v) is 16.3. The van der Waals surface area contributed by atoms with Crippen LogP contribution in [0.5, 0.6) is 0 Å². The SMILES string of the molecule is O=P(CCOS(=O)(=O)C(F)(F)F)(OCc1ccccc1)OCc1ccccc1. The number of hydrogen-bond acceptors (Lipinski definition) is 6. The van der Waals surface area contributed by atoms with Crippen molar-refractivity contribution in [2.24, 2.45) is 0 Å². The summed E-state index contributed by atoms with van der Waals surface area (Å²) in [6, 6.07) is 17.3. The fourth-order valence-electron chi connectivity index (χ4n) is 1.99. The molecule has 0 saturated carbocycles. The van der Waals surface area contributed by atoms with Gasteiger partial charge in [0.05, 0.1) is 26.0 Å². The second-order valence-electron chi connectivity index (χ2n) is 5.57. The molecule has 154 valence electrons. The fourth-order valence-corrected chi connectivity index (χ4v) is 3.89. The van der Waals surface area contributed by atoms with Gasteiger partial charge in [-0.15, -0.1) is 0 Å². The van der Waals surface area contributed by atoms with Crippen molar-refractivity contribution in [3.05, 3.63) is 71.8 Å². The Morgan fingerprint density at radius 3 is 1.64 bits per heavy atom. The number of hydrogen-bond donors (Lipinski definition) is 0. The Bertz CT molecular complexity index is 841. The minimum atomic E-state index is -5.79. The molecule has 0 bridgehead atoms. The molecule has 0 fully saturated rings. The molecule has 2 aromatic rings. The second kappa shape index (κ2) is 9.67. The molecule has 0 radical (unpaired) electrons. The van der Waals surface area contributed by atoms with E-state index in [9.17, 15) is 26.2 Å². The quantitative estimate of drug-likeness (QED) is 0.309. The van der Waals surface area contributed by atoms with Gasteiger partial charge < -0.3 is 9.05 Å². The van der Waals surface area contributed by atoms with Crippen molar-refractivity contribution >= 4 is 17.7 Å². The molecule has 0 saturated heterocycles. The standard InChI is InChI=1S/C17H18F3O6PS/c18-17(19,20)28(22,23)26-11-12-27(21,24-13-15-7-3-1-4-8-15)25-14-16-9-5-2-6-10-16/h1-10H,11-14H2. The third kappa shape index (κ3) is 7.03. The molecule has 0 aliphatic rings. The van der Waals surface area contributed by atoms with E-state index in [1.807, 2.05) is 0 Å². The summed E-state index contributed by atoms with van der Waals surface area (Å²) in [6.45, 7) is -1.25. The molecule has 0 spiro atoms. The van der Waals surface area contributed by atoms with E-state index in [1.165, 1.54) is 0 Å². The summed E-state index contributed by atoms with van der Waals surface area (Å²) in [5.41, 5.74) is -4.24. The van der Waals surface area contributed by atoms with Crippen LogP contribution in [0.3, 0.4) is 0 Å². The van der Waals surface area contributed by atoms with Crippen LogP contribution in [0.15, 0.2) is 60.7 Å². The highest BCUT2D eigenvalue weighted by Crippen LogP contribution is 2.49. The van der Waals surface area contributed by atoms with E-state index < -0.39 is 36.0 Å². The predicted octanol–water partition coefficient (Wildman–Crippen LogP) is 4.48. The van der Waals surface area contributed by atoms with Crippen molar-refractivity contribution in [2.75, 3.05) is 12.8 Å². The molecule has 6 nitrogen and oxygen atoms in total. The van der Waals surface area contributed by atoms with Gasteiger partial charge in [0.25, 0.3) is 0 Å². The largest absolute Gasteiger partial charge is 0.523 e. The van der Waals surface area contributed by atoms with Crippen molar-refractivity contribution in [1.29, 1.82) is 0 Å². The van der Waals surface area contributed by atoms with E-state index in [0.29, 0.717) is 11.1 Å². The topological polar surface area (TPSA) is 78.9 Å². The maximum Gasteiger partial charge on any atom is 0.523 e. The van der Waals surface area contributed by atoms with Crippen molar-refractivity contribution in [1.82, 2.24) is 0 Å². The van der Waals surface area contributed by atoms with Gasteiger partial charge in [-0.3, -0.25) is 8.75 Å². The van der Waals surface area contributed by atoms with Crippen LogP contribution in [0.25, 0.3) is 0 Å². The Balaban J connectivity index is 2.03. The third-order valence-electron chi connectivity index (χ3n) is 3.43. The maximum absolute atomic E-state index is 12.9. The molecule has 0 atom stereocenters. The minimum Gasteiger partial charge on any atom is -0.304 e. The lowest BCUT2D eigenvalue weighted by atomic mass is 10.2. The lowest BCUT2D eigenvalue weighted by Gasteiger charge is -2.19. The van der Waals surface area contributed by atoms with E-state index in [2.05, 4.69) is 4.18 Å². The first kappa shape index (κ1) is 22.6. The van der Waals surface area contributed by atoms with Gasteiger partial charge in [-0.05, 0) is 11.1 Å². The number of halogens is 3. The van der Waals surface area contributed by atoms with E-state index in [0.717, 1.165) is 0 Å². The van der Waals surface area contributed by atoms with E-state index in [-0.39, 0.29) is 13.2 Å². The molecular weight excluding hydrogens is 420 g/mol. The predicted molar refractivity (Wildman–Crippen MR) is 95.9 cm³/mol. The first-order chi connectivity index (χ1) is 13.1. The van der Waals surface area contributed by atoms with Gasteiger partial charge in [0.1, 0.15) is 0 Å². The van der Waals surface area contributed by atoms with Gasteiger partial charge in [0, 0.05) is 0 Å². The summed E-state index contributed by atoms with van der Waals surface area (Å²) in [6.07, 6.45) is -0.665. The summed E-state index contributed by atoms with van der Waals surface area (Å²) >= 11 is 0. The first-order valence-corrected chi connectivity index (χ1v) is 11.2. The van der Waals surface area contributed by atoms with Crippen LogP contribution in [0.1, 0.15) is 11.1 Å². The highest BCUT2D eigenvalue weighted by molar-refractivity contribution is 7.87. The molecule has 28 heavy (non-hydrogen) atoms. The van der Waals surface area contributed by atoms with Crippen molar-refractivity contribution in [2.45, 2.75) is 18.7 Å². The van der Waals surface area contributed by atoms with Gasteiger partial charge in [-0.25, -0.2) is 0 Å². The molecule has 0 N–H and O–H groups in total. The summed E-state index contributed by atoms with van der Waals surface area (Å²) < 4.78 is 86.4. The molecular formula is C17H18F3O6PS. The number of rotatable bonds is 10. The zero-order valence-electron chi connectivity index (χ0n) is 14.5. The average Bonchev–Trinajstić information content (AvgIpc) is 2.66. The monoisotopic (exact) mass is 438 g/mol. The average molecular weight is 438 g/mol. The van der Waals surface area contributed by atoms with Gasteiger partial charge in [-0.1, -0.05) is 60.7 Å². The fraction of sp³-hybridized carbons (Fsp3) is 0.294. The van der Waals surface area contributed by atoms with Crippen LogP contribution in [0, 0.1) is 0 Å². The first-order valence-electron chi connectivity index (χ1n) is 8.03. The minimum absolute atomic E-state index is 0.126. The number of alkyl halides is 3. The van der Waals surface area contributed by atoms with Crippen molar-refractivity contribution in [3.8, 4) is 0 Å². The Morgan fingerprint density at radius 2 is 1.25 bits per heavy atom. The summed E-state index contributed by atoms with van der Waals surface area (Å²) in [5, 5.41) is 0. The third-order valence-corrected chi connectivity index (χ3v) is 6.25. The number of benzene rings is 2. The van der Waals surface area contributed by atoms with Crippen molar-refractivity contribution < 1.29 is 39.4 Å². The summed E-state index contributed by atoms with van der Waals surface area (Å²) in [4.78, 5) is 0. The van der Waals surface area contributed by atoms with Crippen LogP contribution < -0.4 is 0 Å². The smallest absolute Gasteiger partial charge is 0.304 e. The molecule has 0 heterocycles. The Morgan fingerprint density at radius 1 is 0.821 bits per heavy atom. The van der Waals surface area contributed by atoms with E-state index >= 15 is 0 Å². The van der Waals surface area contributed by atoms with Gasteiger partial charge in [-0.2, -0.15) is 21.6 Å². The highest BCUT2D eigenvalue weighted by atomic mass is 32.2. The Hall–Kier alpha value is -1.71. The molecule has 2 aromatic carbocycles. The molecule has 0 aliphatic heterocycles. The second-order valence-corrected chi connectivity index (χ2v) is 9.37. The van der Waals surface area contributed by atoms with Crippen molar-refractivity contribution in [3.63, 3.8) is 0 Å². The summed E-state index contributed by atoms with van der Waals surface area (Å²) in [5.74, 6) is 0. The van der Waals surface area contributed by atoms with Crippen LogP contribution >= 0.6 is 7.60 Å². The van der Waals surface area contributed by atoms with Gasteiger partial charge >= 0.3 is 23.2 Å². The molecule has 0 aliphatic carbocycles. The molecule has 0 amide bonds. The zero-order chi connectivity index (χ0) is 20.7. The summed E-state index contributed by atoms with van der Waals surface area (Å²) in [7, 11) is -9.73. The van der Waals surface area contributed by atoms with Gasteiger partial charge in [0.2, 0.25) is 0 Å². The molecule has 11 heteroatoms. The van der Waals surface area contributed by atoms with Crippen LogP contribution in [-0.4, -0.2) is 26.7 Å². The maximum atomic E-state index is 12.9. The molecule has 0 aromatic heterocycles. The van der Waals surface area contributed by atoms with Gasteiger partial charge in [0.15, 0.2) is 0 Å². The normalized spacial score (nSPS) is 12.8. The molecule has 2 rings (SSSR count). The van der Waals surface area contributed by atoms with Crippen LogP contribution in [-0.2, 0) is 41.1 Å². The van der Waals surface area contributed by atoms with E-state index in [4.69, 9.17) is 9.05 Å². The highest BCUT2D eigenvalue weighted by Gasteiger charge is 2.47. The van der Waals surface area contributed by atoms with Crippen LogP contribution in [0.2, 0.25) is 0 Å². The lowest BCUT2D eigenvalue weighted by Crippen LogP contribution is -2.26. The van der Waals surface area contributed by atoms with Crippen LogP contribution in [0.4, 0.5) is 13.2 Å².